The van der Waals surface area contributed by atoms with E-state index in [2.05, 4.69) is 42.8 Å². The lowest BCUT2D eigenvalue weighted by molar-refractivity contribution is -0.129. The molecule has 1 aliphatic heterocycles. The van der Waals surface area contributed by atoms with Crippen LogP contribution < -0.4 is 5.32 Å². The molecular weight excluding hydrogens is 268 g/mol. The molecule has 2 rings (SSSR count). The van der Waals surface area contributed by atoms with Crippen LogP contribution in [0.2, 0.25) is 0 Å². The SMILES string of the molecule is CSCCCCN1C(=O)C(C)NC1c1cccc(C)c1. The number of rotatable bonds is 6. The average Bonchev–Trinajstić information content (AvgIpc) is 2.71. The maximum absolute atomic E-state index is 12.3. The smallest absolute Gasteiger partial charge is 0.241 e. The fourth-order valence-corrected chi connectivity index (χ4v) is 3.15. The van der Waals surface area contributed by atoms with Gasteiger partial charge in [-0.15, -0.1) is 0 Å². The minimum Gasteiger partial charge on any atom is -0.322 e. The molecule has 1 aromatic carbocycles. The standard InChI is InChI=1S/C16H24N2OS/c1-12-7-6-8-14(11-12)15-17-13(2)16(19)18(15)9-4-5-10-20-3/h6-8,11,13,15,17H,4-5,9-10H2,1-3H3. The Balaban J connectivity index is 2.07. The largest absolute Gasteiger partial charge is 0.322 e. The van der Waals surface area contributed by atoms with Crippen molar-refractivity contribution in [1.82, 2.24) is 10.2 Å². The second-order valence-electron chi connectivity index (χ2n) is 5.44. The Morgan fingerprint density at radius 2 is 2.15 bits per heavy atom. The van der Waals surface area contributed by atoms with E-state index in [0.29, 0.717) is 0 Å². The van der Waals surface area contributed by atoms with E-state index in [1.807, 2.05) is 23.6 Å². The summed E-state index contributed by atoms with van der Waals surface area (Å²) in [5, 5.41) is 3.41. The van der Waals surface area contributed by atoms with Crippen molar-refractivity contribution in [3.8, 4) is 0 Å². The number of unbranched alkanes of at least 4 members (excludes halogenated alkanes) is 1. The lowest BCUT2D eigenvalue weighted by Crippen LogP contribution is -2.31. The number of nitrogens with one attached hydrogen (secondary N) is 1. The molecule has 20 heavy (non-hydrogen) atoms. The first-order valence-corrected chi connectivity index (χ1v) is 8.65. The highest BCUT2D eigenvalue weighted by Crippen LogP contribution is 2.26. The minimum absolute atomic E-state index is 0.0340. The van der Waals surface area contributed by atoms with E-state index in [1.54, 1.807) is 0 Å². The molecule has 1 aliphatic rings. The van der Waals surface area contributed by atoms with Gasteiger partial charge >= 0.3 is 0 Å². The normalized spacial score (nSPS) is 22.6. The highest BCUT2D eigenvalue weighted by molar-refractivity contribution is 7.98. The van der Waals surface area contributed by atoms with E-state index in [1.165, 1.54) is 23.3 Å². The summed E-state index contributed by atoms with van der Waals surface area (Å²) in [6.45, 7) is 4.88. The number of hydrogen-bond donors (Lipinski definition) is 1. The first-order chi connectivity index (χ1) is 9.63. The Kier molecular flexibility index (Phi) is 5.49. The molecule has 0 bridgehead atoms. The van der Waals surface area contributed by atoms with Crippen molar-refractivity contribution in [1.29, 1.82) is 0 Å². The van der Waals surface area contributed by atoms with E-state index in [-0.39, 0.29) is 18.1 Å². The van der Waals surface area contributed by atoms with Crippen molar-refractivity contribution >= 4 is 17.7 Å². The quantitative estimate of drug-likeness (QED) is 0.818. The molecule has 2 atom stereocenters. The molecule has 0 radical (unpaired) electrons. The van der Waals surface area contributed by atoms with Gasteiger partial charge in [-0.3, -0.25) is 10.1 Å². The Morgan fingerprint density at radius 1 is 1.35 bits per heavy atom. The maximum Gasteiger partial charge on any atom is 0.241 e. The molecule has 0 saturated carbocycles. The van der Waals surface area contributed by atoms with Crippen LogP contribution in [0.3, 0.4) is 0 Å². The third-order valence-corrected chi connectivity index (χ3v) is 4.43. The third-order valence-electron chi connectivity index (χ3n) is 3.73. The summed E-state index contributed by atoms with van der Waals surface area (Å²) in [6, 6.07) is 8.34. The Bertz CT molecular complexity index is 464. The molecule has 2 unspecified atom stereocenters. The number of hydrogen-bond acceptors (Lipinski definition) is 3. The van der Waals surface area contributed by atoms with Gasteiger partial charge in [-0.05, 0) is 44.3 Å². The predicted octanol–water partition coefficient (Wildman–Crippen LogP) is 2.96. The molecule has 1 amide bonds. The van der Waals surface area contributed by atoms with Crippen LogP contribution in [-0.2, 0) is 4.79 Å². The highest BCUT2D eigenvalue weighted by atomic mass is 32.2. The van der Waals surface area contributed by atoms with Crippen molar-refractivity contribution < 1.29 is 4.79 Å². The van der Waals surface area contributed by atoms with E-state index in [4.69, 9.17) is 0 Å². The van der Waals surface area contributed by atoms with Crippen LogP contribution in [0.4, 0.5) is 0 Å². The molecule has 1 saturated heterocycles. The summed E-state index contributed by atoms with van der Waals surface area (Å²) in [5.74, 6) is 1.39. The molecule has 3 nitrogen and oxygen atoms in total. The fourth-order valence-electron chi connectivity index (χ4n) is 2.66. The zero-order chi connectivity index (χ0) is 14.5. The number of carbonyl (C=O) groups is 1. The fraction of sp³-hybridized carbons (Fsp3) is 0.562. The molecule has 0 aliphatic carbocycles. The number of carbonyl (C=O) groups excluding carboxylic acids is 1. The van der Waals surface area contributed by atoms with Gasteiger partial charge < -0.3 is 4.90 Å². The molecule has 0 spiro atoms. The molecule has 110 valence electrons. The zero-order valence-electron chi connectivity index (χ0n) is 12.6. The number of amides is 1. The maximum atomic E-state index is 12.3. The first-order valence-electron chi connectivity index (χ1n) is 7.25. The third kappa shape index (κ3) is 3.55. The average molecular weight is 292 g/mol. The minimum atomic E-state index is -0.0823. The Morgan fingerprint density at radius 3 is 2.85 bits per heavy atom. The lowest BCUT2D eigenvalue weighted by atomic mass is 10.1. The van der Waals surface area contributed by atoms with Crippen molar-refractivity contribution in [3.63, 3.8) is 0 Å². The van der Waals surface area contributed by atoms with E-state index in [0.717, 1.165) is 13.0 Å². The van der Waals surface area contributed by atoms with Gasteiger partial charge in [-0.2, -0.15) is 11.8 Å². The first kappa shape index (κ1) is 15.4. The van der Waals surface area contributed by atoms with Crippen LogP contribution in [0.5, 0.6) is 0 Å². The van der Waals surface area contributed by atoms with Gasteiger partial charge in [0.15, 0.2) is 0 Å². The Hall–Kier alpha value is -1.00. The Labute approximate surface area is 126 Å². The predicted molar refractivity (Wildman–Crippen MR) is 85.8 cm³/mol. The van der Waals surface area contributed by atoms with Gasteiger partial charge in [0, 0.05) is 6.54 Å². The van der Waals surface area contributed by atoms with Gasteiger partial charge in [0.05, 0.1) is 6.04 Å². The number of benzene rings is 1. The van der Waals surface area contributed by atoms with Crippen LogP contribution in [0, 0.1) is 6.92 Å². The molecule has 1 fully saturated rings. The summed E-state index contributed by atoms with van der Waals surface area (Å²) in [6.07, 6.45) is 4.40. The van der Waals surface area contributed by atoms with Gasteiger partial charge in [0.25, 0.3) is 0 Å². The van der Waals surface area contributed by atoms with Crippen molar-refractivity contribution in [2.45, 2.75) is 38.9 Å². The second-order valence-corrected chi connectivity index (χ2v) is 6.42. The second kappa shape index (κ2) is 7.14. The van der Waals surface area contributed by atoms with Gasteiger partial charge in [-0.1, -0.05) is 29.8 Å². The highest BCUT2D eigenvalue weighted by Gasteiger charge is 2.36. The van der Waals surface area contributed by atoms with Gasteiger partial charge in [0.2, 0.25) is 5.91 Å². The topological polar surface area (TPSA) is 32.3 Å². The number of thioether (sulfide) groups is 1. The van der Waals surface area contributed by atoms with Gasteiger partial charge in [-0.25, -0.2) is 0 Å². The summed E-state index contributed by atoms with van der Waals surface area (Å²) < 4.78 is 0. The van der Waals surface area contributed by atoms with E-state index < -0.39 is 0 Å². The van der Waals surface area contributed by atoms with Crippen molar-refractivity contribution in [2.75, 3.05) is 18.6 Å². The van der Waals surface area contributed by atoms with Crippen LogP contribution in [-0.4, -0.2) is 35.4 Å². The summed E-state index contributed by atoms with van der Waals surface area (Å²) in [5.41, 5.74) is 2.42. The van der Waals surface area contributed by atoms with Crippen molar-refractivity contribution in [2.24, 2.45) is 0 Å². The molecule has 1 N–H and O–H groups in total. The molecule has 1 aromatic rings. The van der Waals surface area contributed by atoms with Crippen LogP contribution in [0.25, 0.3) is 0 Å². The van der Waals surface area contributed by atoms with E-state index in [9.17, 15) is 4.79 Å². The van der Waals surface area contributed by atoms with Crippen LogP contribution >= 0.6 is 11.8 Å². The van der Waals surface area contributed by atoms with Crippen molar-refractivity contribution in [3.05, 3.63) is 35.4 Å². The monoisotopic (exact) mass is 292 g/mol. The summed E-state index contributed by atoms with van der Waals surface area (Å²) in [4.78, 5) is 14.3. The lowest BCUT2D eigenvalue weighted by Gasteiger charge is -2.25. The zero-order valence-corrected chi connectivity index (χ0v) is 13.4. The van der Waals surface area contributed by atoms with Crippen LogP contribution in [0.15, 0.2) is 24.3 Å². The summed E-state index contributed by atoms with van der Waals surface area (Å²) >= 11 is 1.87. The molecule has 0 aromatic heterocycles. The molecular formula is C16H24N2OS. The molecule has 1 heterocycles. The van der Waals surface area contributed by atoms with Gasteiger partial charge in [0.1, 0.15) is 6.17 Å². The van der Waals surface area contributed by atoms with E-state index >= 15 is 0 Å². The van der Waals surface area contributed by atoms with Crippen LogP contribution in [0.1, 0.15) is 37.1 Å². The number of aryl methyl sites for hydroxylation is 1. The molecule has 4 heteroatoms. The number of nitrogens with zero attached hydrogens (tertiary/aromatic N) is 1. The summed E-state index contributed by atoms with van der Waals surface area (Å²) in [7, 11) is 0.